The van der Waals surface area contributed by atoms with Gasteiger partial charge in [0.15, 0.2) is 0 Å². The largest absolute Gasteiger partial charge is 0.462 e. The van der Waals surface area contributed by atoms with E-state index in [1.165, 1.54) is 11.3 Å². The van der Waals surface area contributed by atoms with Crippen molar-refractivity contribution < 1.29 is 120 Å². The van der Waals surface area contributed by atoms with Crippen molar-refractivity contribution in [3.63, 3.8) is 0 Å². The van der Waals surface area contributed by atoms with Crippen LogP contribution in [0.1, 0.15) is 6.42 Å². The fraction of sp³-hybridized carbons (Fsp3) is 1.00. The lowest BCUT2D eigenvalue weighted by Crippen LogP contribution is -2.70. The highest BCUT2D eigenvalue weighted by atomic mass is 35.7. The van der Waals surface area contributed by atoms with E-state index in [2.05, 4.69) is 4.74 Å². The van der Waals surface area contributed by atoms with Crippen LogP contribution in [0.15, 0.2) is 0 Å². The van der Waals surface area contributed by atoms with E-state index in [1.807, 2.05) is 4.74 Å². The van der Waals surface area contributed by atoms with Gasteiger partial charge in [0.2, 0.25) is 6.69 Å². The van der Waals surface area contributed by atoms with Gasteiger partial charge in [-0.25, -0.2) is 0 Å². The van der Waals surface area contributed by atoms with Gasteiger partial charge in [0.1, 0.15) is 6.61 Å². The van der Waals surface area contributed by atoms with Crippen LogP contribution in [0.25, 0.3) is 0 Å². The van der Waals surface area contributed by atoms with Crippen molar-refractivity contribution in [2.45, 2.75) is 85.5 Å². The molecule has 0 radical (unpaired) electrons. The average molecular weight is 803 g/mol. The summed E-state index contributed by atoms with van der Waals surface area (Å²) >= 11 is 11.1. The molecular formula is C16H11Cl2F23O4Si. The SMILES string of the molecule is C[Si](Cl)(Cl)CCCOCC(F)(OC(F)(F)C(F)(OC(F)(F)C(F)(OC(F)(F)C(F)(F)C(F)(F)F)C(F)(F)F)C(F)(F)F)C(F)(F)F. The Morgan fingerprint density at radius 3 is 1.13 bits per heavy atom. The highest BCUT2D eigenvalue weighted by Gasteiger charge is 2.88. The van der Waals surface area contributed by atoms with Crippen molar-refractivity contribution in [3.05, 3.63) is 0 Å². The zero-order valence-corrected chi connectivity index (χ0v) is 23.4. The van der Waals surface area contributed by atoms with Gasteiger partial charge < -0.3 is 4.74 Å². The smallest absolute Gasteiger partial charge is 0.375 e. The molecule has 0 saturated carbocycles. The maximum Gasteiger partial charge on any atom is 0.462 e. The zero-order chi connectivity index (χ0) is 37.7. The van der Waals surface area contributed by atoms with Crippen LogP contribution in [0.3, 0.4) is 0 Å². The molecule has 0 aromatic carbocycles. The van der Waals surface area contributed by atoms with Crippen molar-refractivity contribution >= 4 is 28.9 Å². The summed E-state index contributed by atoms with van der Waals surface area (Å²) in [5, 5.41) is 0. The molecule has 0 saturated heterocycles. The second-order valence-corrected chi connectivity index (χ2v) is 16.8. The molecule has 0 rings (SSSR count). The van der Waals surface area contributed by atoms with Gasteiger partial charge in [0.05, 0.1) is 0 Å². The molecule has 0 aliphatic carbocycles. The quantitative estimate of drug-likeness (QED) is 0.0716. The Bertz CT molecular complexity index is 1020. The predicted octanol–water partition coefficient (Wildman–Crippen LogP) is 9.65. The summed E-state index contributed by atoms with van der Waals surface area (Å²) in [4.78, 5) is 0. The minimum absolute atomic E-state index is 0.330. The lowest BCUT2D eigenvalue weighted by molar-refractivity contribution is -0.580. The van der Waals surface area contributed by atoms with Gasteiger partial charge in [-0.3, -0.25) is 14.2 Å². The minimum Gasteiger partial charge on any atom is -0.375 e. The Balaban J connectivity index is 6.95. The first-order valence-electron chi connectivity index (χ1n) is 10.5. The Kier molecular flexibility index (Phi) is 12.8. The van der Waals surface area contributed by atoms with E-state index in [0.29, 0.717) is 0 Å². The van der Waals surface area contributed by atoms with E-state index in [4.69, 9.17) is 22.2 Å². The molecular weight excluding hydrogens is 792 g/mol. The van der Waals surface area contributed by atoms with E-state index in [0.717, 1.165) is 4.74 Å². The summed E-state index contributed by atoms with van der Waals surface area (Å²) < 4.78 is 313. The van der Waals surface area contributed by atoms with E-state index < -0.39 is 92.8 Å². The van der Waals surface area contributed by atoms with E-state index in [1.54, 1.807) is 0 Å². The van der Waals surface area contributed by atoms with E-state index in [-0.39, 0.29) is 6.04 Å². The van der Waals surface area contributed by atoms with Gasteiger partial charge in [0, 0.05) is 6.61 Å². The Labute approximate surface area is 248 Å². The average Bonchev–Trinajstić information content (AvgIpc) is 2.73. The van der Waals surface area contributed by atoms with Crippen LogP contribution in [-0.4, -0.2) is 86.4 Å². The van der Waals surface area contributed by atoms with Crippen molar-refractivity contribution in [2.24, 2.45) is 0 Å². The third-order valence-electron chi connectivity index (χ3n) is 4.64. The highest BCUT2D eigenvalue weighted by molar-refractivity contribution is 7.44. The number of hydrogen-bond acceptors (Lipinski definition) is 4. The number of rotatable bonds is 15. The van der Waals surface area contributed by atoms with Gasteiger partial charge in [-0.1, -0.05) is 0 Å². The molecule has 3 atom stereocenters. The molecule has 0 fully saturated rings. The molecule has 0 N–H and O–H groups in total. The second-order valence-electron chi connectivity index (χ2n) is 8.57. The zero-order valence-electron chi connectivity index (χ0n) is 20.9. The summed E-state index contributed by atoms with van der Waals surface area (Å²) in [6.45, 7) is -6.22. The monoisotopic (exact) mass is 802 g/mol. The Hall–Kier alpha value is -0.973. The molecule has 0 amide bonds. The van der Waals surface area contributed by atoms with Crippen molar-refractivity contribution in [3.8, 4) is 0 Å². The van der Waals surface area contributed by atoms with Gasteiger partial charge in [0.25, 0.3) is 0 Å². The van der Waals surface area contributed by atoms with Crippen molar-refractivity contribution in [1.29, 1.82) is 0 Å². The standard InChI is InChI=1S/C16H11Cl2F23O4Si/c1-46(17,18)4-2-3-42-5-6(19,10(24,25)26)43-15(38,39)8(22,12(30,31)32)45-16(40,41)9(23,13(33,34)35)44-14(36,37)7(20,21)11(27,28)29/h2-5H2,1H3. The molecule has 278 valence electrons. The molecule has 0 aromatic rings. The molecule has 30 heteroatoms. The Morgan fingerprint density at radius 1 is 0.478 bits per heavy atom. The summed E-state index contributed by atoms with van der Waals surface area (Å²) in [6.07, 6.45) is -57.4. The molecule has 4 nitrogen and oxygen atoms in total. The molecule has 0 heterocycles. The van der Waals surface area contributed by atoms with Crippen molar-refractivity contribution in [1.82, 2.24) is 0 Å². The summed E-state index contributed by atoms with van der Waals surface area (Å²) in [5.74, 6) is -31.8. The molecule has 0 aromatic heterocycles. The fourth-order valence-corrected chi connectivity index (χ4v) is 3.91. The number of ether oxygens (including phenoxy) is 4. The van der Waals surface area contributed by atoms with Gasteiger partial charge >= 0.3 is 66.5 Å². The lowest BCUT2D eigenvalue weighted by atomic mass is 10.2. The summed E-state index contributed by atoms with van der Waals surface area (Å²) in [5.41, 5.74) is 0. The molecule has 0 aliphatic rings. The van der Waals surface area contributed by atoms with Gasteiger partial charge in [-0.05, 0) is 19.0 Å². The van der Waals surface area contributed by atoms with Crippen LogP contribution in [0.2, 0.25) is 12.6 Å². The molecule has 0 aliphatic heterocycles. The summed E-state index contributed by atoms with van der Waals surface area (Å²) in [7, 11) is 0. The maximum atomic E-state index is 14.4. The topological polar surface area (TPSA) is 36.9 Å². The molecule has 3 unspecified atom stereocenters. The van der Waals surface area contributed by atoms with Crippen LogP contribution in [-0.2, 0) is 18.9 Å². The third-order valence-corrected chi connectivity index (χ3v) is 7.01. The molecule has 46 heavy (non-hydrogen) atoms. The first kappa shape index (κ1) is 45.0. The van der Waals surface area contributed by atoms with Crippen LogP contribution in [0.4, 0.5) is 101 Å². The normalized spacial score (nSPS) is 19.4. The lowest BCUT2D eigenvalue weighted by Gasteiger charge is -2.42. The van der Waals surface area contributed by atoms with Gasteiger partial charge in [-0.2, -0.15) is 101 Å². The van der Waals surface area contributed by atoms with E-state index >= 15 is 0 Å². The highest BCUT2D eigenvalue weighted by Crippen LogP contribution is 2.59. The first-order valence-corrected chi connectivity index (χ1v) is 15.2. The summed E-state index contributed by atoms with van der Waals surface area (Å²) in [6, 6.07) is -0.330. The van der Waals surface area contributed by atoms with Crippen LogP contribution >= 0.6 is 22.2 Å². The predicted molar refractivity (Wildman–Crippen MR) is 102 cm³/mol. The number of alkyl halides is 23. The number of halogens is 25. The van der Waals surface area contributed by atoms with Crippen LogP contribution < -0.4 is 0 Å². The van der Waals surface area contributed by atoms with E-state index in [9.17, 15) is 101 Å². The van der Waals surface area contributed by atoms with Gasteiger partial charge in [-0.15, -0.1) is 22.2 Å². The minimum atomic E-state index is -8.68. The van der Waals surface area contributed by atoms with Crippen LogP contribution in [0.5, 0.6) is 0 Å². The molecule has 0 bridgehead atoms. The Morgan fingerprint density at radius 2 is 0.826 bits per heavy atom. The molecule has 0 spiro atoms. The maximum absolute atomic E-state index is 14.4. The second kappa shape index (κ2) is 13.1. The number of hydrogen-bond donors (Lipinski definition) is 0. The first-order chi connectivity index (χ1) is 19.6. The third kappa shape index (κ3) is 9.38. The van der Waals surface area contributed by atoms with Crippen molar-refractivity contribution in [2.75, 3.05) is 13.2 Å². The van der Waals surface area contributed by atoms with Crippen LogP contribution in [0, 0.1) is 0 Å². The fourth-order valence-electron chi connectivity index (χ4n) is 2.34.